The largest absolute Gasteiger partial charge is 0.325 e. The maximum absolute atomic E-state index is 12.7. The Morgan fingerprint density at radius 1 is 1.33 bits per heavy atom. The molecule has 0 aliphatic carbocycles. The summed E-state index contributed by atoms with van der Waals surface area (Å²) in [6.45, 7) is 4.62. The first-order valence-corrected chi connectivity index (χ1v) is 10.5. The predicted molar refractivity (Wildman–Crippen MR) is 108 cm³/mol. The minimum Gasteiger partial charge on any atom is -0.325 e. The van der Waals surface area contributed by atoms with Crippen LogP contribution in [0, 0.1) is 0 Å². The van der Waals surface area contributed by atoms with Gasteiger partial charge in [0.1, 0.15) is 0 Å². The zero-order chi connectivity index (χ0) is 19.0. The number of rotatable bonds is 6. The molecular weight excluding hydrogens is 380 g/mol. The number of carbonyl (C=O) groups excluding carboxylic acids is 2. The van der Waals surface area contributed by atoms with Gasteiger partial charge < -0.3 is 9.88 Å². The topological polar surface area (TPSA) is 76.9 Å². The molecule has 3 aromatic rings. The molecule has 8 heteroatoms. The minimum absolute atomic E-state index is 0.0117. The summed E-state index contributed by atoms with van der Waals surface area (Å²) < 4.78 is 2.02. The van der Waals surface area contributed by atoms with Crippen molar-refractivity contribution in [2.75, 3.05) is 11.1 Å². The molecule has 6 nitrogen and oxygen atoms in total. The maximum Gasteiger partial charge on any atom is 0.231 e. The van der Waals surface area contributed by atoms with E-state index in [-0.39, 0.29) is 23.4 Å². The molecule has 138 valence electrons. The fourth-order valence-electron chi connectivity index (χ4n) is 3.07. The van der Waals surface area contributed by atoms with Gasteiger partial charge in [-0.05, 0) is 49.1 Å². The molecule has 27 heavy (non-hydrogen) atoms. The van der Waals surface area contributed by atoms with E-state index in [9.17, 15) is 9.59 Å². The van der Waals surface area contributed by atoms with Gasteiger partial charge in [0.05, 0.1) is 16.5 Å². The van der Waals surface area contributed by atoms with Crippen LogP contribution in [0.1, 0.15) is 35.7 Å². The highest BCUT2D eigenvalue weighted by atomic mass is 32.2. The third kappa shape index (κ3) is 3.30. The summed E-state index contributed by atoms with van der Waals surface area (Å²) >= 11 is 3.01. The number of amides is 1. The second kappa shape index (κ2) is 7.28. The zero-order valence-electron chi connectivity index (χ0n) is 14.9. The van der Waals surface area contributed by atoms with Gasteiger partial charge in [-0.15, -0.1) is 21.5 Å². The molecule has 4 rings (SSSR count). The maximum atomic E-state index is 12.7. The molecule has 1 aromatic carbocycles. The number of benzene rings is 1. The van der Waals surface area contributed by atoms with Gasteiger partial charge in [-0.3, -0.25) is 9.59 Å². The summed E-state index contributed by atoms with van der Waals surface area (Å²) in [7, 11) is 0. The average Bonchev–Trinajstić information content (AvgIpc) is 3.39. The Morgan fingerprint density at radius 2 is 2.19 bits per heavy atom. The average molecular weight is 399 g/mol. The summed E-state index contributed by atoms with van der Waals surface area (Å²) in [5.74, 6) is 0.867. The Labute approximate surface area is 165 Å². The molecule has 1 N–H and O–H groups in total. The Hall–Kier alpha value is -2.45. The van der Waals surface area contributed by atoms with Gasteiger partial charge >= 0.3 is 0 Å². The quantitative estimate of drug-likeness (QED) is 0.501. The van der Waals surface area contributed by atoms with Crippen LogP contribution in [0.3, 0.4) is 0 Å². The molecule has 0 saturated carbocycles. The number of carbonyl (C=O) groups is 2. The molecule has 3 heterocycles. The molecule has 0 bridgehead atoms. The first-order valence-electron chi connectivity index (χ1n) is 8.66. The van der Waals surface area contributed by atoms with Crippen LogP contribution in [-0.4, -0.2) is 32.2 Å². The lowest BCUT2D eigenvalue weighted by Crippen LogP contribution is -2.08. The lowest BCUT2D eigenvalue weighted by molar-refractivity contribution is -0.116. The molecule has 0 radical (unpaired) electrons. The van der Waals surface area contributed by atoms with Gasteiger partial charge in [0.15, 0.2) is 16.8 Å². The van der Waals surface area contributed by atoms with Crippen molar-refractivity contribution in [2.24, 2.45) is 0 Å². The van der Waals surface area contributed by atoms with Crippen molar-refractivity contribution in [3.8, 4) is 10.7 Å². The number of aromatic nitrogens is 3. The molecule has 1 amide bonds. The minimum atomic E-state index is -0.225. The Morgan fingerprint density at radius 3 is 2.93 bits per heavy atom. The number of nitrogens with one attached hydrogen (secondary N) is 1. The molecule has 0 fully saturated rings. The highest BCUT2D eigenvalue weighted by Gasteiger charge is 2.27. The molecule has 0 saturated heterocycles. The standard InChI is InChI=1S/C19H18N4O2S2/c1-3-23-17(16-5-4-8-26-16)21-22-19(23)27-10-15(24)12-6-7-14-13(9-12)11(2)18(25)20-14/h4-9,11H,3,10H2,1-2H3,(H,20,25)/t11-/m0/s1. The van der Waals surface area contributed by atoms with Crippen molar-refractivity contribution < 1.29 is 9.59 Å². The first kappa shape index (κ1) is 17.9. The van der Waals surface area contributed by atoms with Crippen LogP contribution in [0.4, 0.5) is 5.69 Å². The van der Waals surface area contributed by atoms with Gasteiger partial charge in [0.25, 0.3) is 0 Å². The molecule has 0 unspecified atom stereocenters. The third-order valence-corrected chi connectivity index (χ3v) is 6.43. The summed E-state index contributed by atoms with van der Waals surface area (Å²) in [6.07, 6.45) is 0. The van der Waals surface area contributed by atoms with Gasteiger partial charge in [-0.25, -0.2) is 0 Å². The molecule has 1 aliphatic rings. The number of fused-ring (bicyclic) bond motifs is 1. The van der Waals surface area contributed by atoms with E-state index >= 15 is 0 Å². The van der Waals surface area contributed by atoms with Crippen LogP contribution in [0.2, 0.25) is 0 Å². The second-order valence-corrected chi connectivity index (χ2v) is 8.14. The van der Waals surface area contributed by atoms with Crippen molar-refractivity contribution >= 4 is 40.5 Å². The summed E-state index contributed by atoms with van der Waals surface area (Å²) in [4.78, 5) is 25.5. The van der Waals surface area contributed by atoms with Crippen molar-refractivity contribution in [3.05, 3.63) is 46.8 Å². The highest BCUT2D eigenvalue weighted by Crippen LogP contribution is 2.33. The van der Waals surface area contributed by atoms with Crippen LogP contribution in [0.5, 0.6) is 0 Å². The van der Waals surface area contributed by atoms with Crippen molar-refractivity contribution in [1.82, 2.24) is 14.8 Å². The molecular formula is C19H18N4O2S2. The fraction of sp³-hybridized carbons (Fsp3) is 0.263. The molecule has 1 atom stereocenters. The van der Waals surface area contributed by atoms with Crippen molar-refractivity contribution in [2.45, 2.75) is 31.5 Å². The third-order valence-electron chi connectivity index (χ3n) is 4.60. The van der Waals surface area contributed by atoms with Gasteiger partial charge in [-0.2, -0.15) is 0 Å². The predicted octanol–water partition coefficient (Wildman–Crippen LogP) is 4.06. The zero-order valence-corrected chi connectivity index (χ0v) is 16.6. The van der Waals surface area contributed by atoms with E-state index in [2.05, 4.69) is 15.5 Å². The summed E-state index contributed by atoms with van der Waals surface area (Å²) in [5, 5.41) is 14.1. The van der Waals surface area contributed by atoms with Crippen molar-refractivity contribution in [1.29, 1.82) is 0 Å². The summed E-state index contributed by atoms with van der Waals surface area (Å²) in [6, 6.07) is 9.39. The number of hydrogen-bond donors (Lipinski definition) is 1. The lowest BCUT2D eigenvalue weighted by atomic mass is 9.99. The van der Waals surface area contributed by atoms with Gasteiger partial charge in [-0.1, -0.05) is 17.8 Å². The van der Waals surface area contributed by atoms with Crippen molar-refractivity contribution in [3.63, 3.8) is 0 Å². The Kier molecular flexibility index (Phi) is 4.84. The lowest BCUT2D eigenvalue weighted by Gasteiger charge is -2.07. The highest BCUT2D eigenvalue weighted by molar-refractivity contribution is 7.99. The SMILES string of the molecule is CCn1c(SCC(=O)c2ccc3c(c2)[C@H](C)C(=O)N3)nnc1-c1cccs1. The molecule has 1 aliphatic heterocycles. The molecule has 2 aromatic heterocycles. The van der Waals surface area contributed by atoms with E-state index in [0.29, 0.717) is 5.56 Å². The number of thioether (sulfide) groups is 1. The Bertz CT molecular complexity index is 1010. The number of nitrogens with zero attached hydrogens (tertiary/aromatic N) is 3. The molecule has 0 spiro atoms. The number of thiophene rings is 1. The first-order chi connectivity index (χ1) is 13.1. The summed E-state index contributed by atoms with van der Waals surface area (Å²) in [5.41, 5.74) is 2.29. The monoisotopic (exact) mass is 398 g/mol. The number of anilines is 1. The Balaban J connectivity index is 1.50. The van der Waals surface area contributed by atoms with E-state index in [1.54, 1.807) is 23.5 Å². The van der Waals surface area contributed by atoms with Gasteiger partial charge in [0, 0.05) is 17.8 Å². The van der Waals surface area contributed by atoms with Crippen LogP contribution < -0.4 is 5.32 Å². The van der Waals surface area contributed by atoms with Crippen LogP contribution in [0.25, 0.3) is 10.7 Å². The van der Waals surface area contributed by atoms with E-state index in [4.69, 9.17) is 0 Å². The fourth-order valence-corrected chi connectivity index (χ4v) is 4.69. The number of ketones is 1. The van der Waals surface area contributed by atoms with E-state index in [1.807, 2.05) is 42.0 Å². The normalized spacial score (nSPS) is 15.6. The number of Topliss-reactive ketones (excluding diaryl/α,β-unsaturated/α-hetero) is 1. The van der Waals surface area contributed by atoms with E-state index in [0.717, 1.165) is 33.7 Å². The van der Waals surface area contributed by atoms with Crippen LogP contribution in [0.15, 0.2) is 40.9 Å². The van der Waals surface area contributed by atoms with E-state index < -0.39 is 0 Å². The number of hydrogen-bond acceptors (Lipinski definition) is 6. The smallest absolute Gasteiger partial charge is 0.231 e. The van der Waals surface area contributed by atoms with Crippen LogP contribution >= 0.6 is 23.1 Å². The van der Waals surface area contributed by atoms with E-state index in [1.165, 1.54) is 11.8 Å². The van der Waals surface area contributed by atoms with Gasteiger partial charge in [0.2, 0.25) is 5.91 Å². The second-order valence-electron chi connectivity index (χ2n) is 6.25. The van der Waals surface area contributed by atoms with Crippen LogP contribution in [-0.2, 0) is 11.3 Å².